The van der Waals surface area contributed by atoms with E-state index in [0.717, 1.165) is 4.68 Å². The molecule has 8 heteroatoms. The van der Waals surface area contributed by atoms with Crippen molar-refractivity contribution in [3.8, 4) is 5.69 Å². The third-order valence-electron chi connectivity index (χ3n) is 2.44. The Morgan fingerprint density at radius 1 is 1.35 bits per heavy atom. The van der Waals surface area contributed by atoms with E-state index >= 15 is 0 Å². The minimum absolute atomic E-state index is 0.265. The first kappa shape index (κ1) is 13.5. The van der Waals surface area contributed by atoms with Gasteiger partial charge in [-0.3, -0.25) is 4.98 Å². The zero-order valence-corrected chi connectivity index (χ0v) is 10.5. The van der Waals surface area contributed by atoms with Crippen LogP contribution in [0.1, 0.15) is 27.9 Å². The third kappa shape index (κ3) is 2.58. The summed E-state index contributed by atoms with van der Waals surface area (Å²) in [5.41, 5.74) is -0.00396. The highest BCUT2D eigenvalue weighted by Crippen LogP contribution is 2.08. The van der Waals surface area contributed by atoms with Crippen LogP contribution >= 0.6 is 0 Å². The first-order valence-corrected chi connectivity index (χ1v) is 5.73. The van der Waals surface area contributed by atoms with E-state index in [-0.39, 0.29) is 6.61 Å². The number of carboxylic acid groups (broad SMARTS) is 1. The van der Waals surface area contributed by atoms with Crippen molar-refractivity contribution in [3.05, 3.63) is 46.1 Å². The zero-order valence-electron chi connectivity index (χ0n) is 10.5. The molecule has 0 spiro atoms. The maximum atomic E-state index is 11.6. The molecule has 0 saturated carbocycles. The number of carbonyl (C=O) groups excluding carboxylic acids is 1. The number of rotatable bonds is 4. The quantitative estimate of drug-likeness (QED) is 0.783. The third-order valence-corrected chi connectivity index (χ3v) is 2.44. The number of nitrogens with zero attached hydrogens (tertiary/aromatic N) is 2. The number of aromatic nitrogens is 3. The number of benzene rings is 1. The first-order valence-electron chi connectivity index (χ1n) is 5.73. The summed E-state index contributed by atoms with van der Waals surface area (Å²) in [7, 11) is 0. The van der Waals surface area contributed by atoms with E-state index < -0.39 is 23.5 Å². The average molecular weight is 277 g/mol. The highest BCUT2D eigenvalue weighted by molar-refractivity contribution is 5.89. The number of carboxylic acids is 1. The van der Waals surface area contributed by atoms with Crippen molar-refractivity contribution >= 4 is 11.9 Å². The molecule has 20 heavy (non-hydrogen) atoms. The normalized spacial score (nSPS) is 10.2. The van der Waals surface area contributed by atoms with Gasteiger partial charge in [-0.25, -0.2) is 14.4 Å². The second kappa shape index (κ2) is 5.39. The fourth-order valence-corrected chi connectivity index (χ4v) is 1.55. The van der Waals surface area contributed by atoms with Gasteiger partial charge in [-0.15, -0.1) is 5.10 Å². The number of aromatic carboxylic acids is 1. The molecule has 1 heterocycles. The van der Waals surface area contributed by atoms with E-state index in [2.05, 4.69) is 10.1 Å². The lowest BCUT2D eigenvalue weighted by molar-refractivity contribution is 0.0526. The van der Waals surface area contributed by atoms with Crippen LogP contribution in [0, 0.1) is 0 Å². The molecule has 0 radical (unpaired) electrons. The minimum Gasteiger partial charge on any atom is -0.475 e. The van der Waals surface area contributed by atoms with E-state index in [4.69, 9.17) is 9.84 Å². The number of H-pyrrole nitrogens is 1. The van der Waals surface area contributed by atoms with Crippen molar-refractivity contribution in [1.82, 2.24) is 14.8 Å². The zero-order chi connectivity index (χ0) is 14.7. The summed E-state index contributed by atoms with van der Waals surface area (Å²) in [6, 6.07) is 5.88. The summed E-state index contributed by atoms with van der Waals surface area (Å²) >= 11 is 0. The molecule has 0 aliphatic heterocycles. The van der Waals surface area contributed by atoms with E-state index in [1.165, 1.54) is 24.3 Å². The van der Waals surface area contributed by atoms with Crippen LogP contribution in [0.25, 0.3) is 5.69 Å². The summed E-state index contributed by atoms with van der Waals surface area (Å²) in [4.78, 5) is 35.8. The predicted octanol–water partition coefficient (Wildman–Crippen LogP) is 0.435. The molecule has 0 bridgehead atoms. The highest BCUT2D eigenvalue weighted by atomic mass is 16.5. The first-order chi connectivity index (χ1) is 9.52. The Morgan fingerprint density at radius 2 is 2.00 bits per heavy atom. The van der Waals surface area contributed by atoms with Crippen LogP contribution in [0.15, 0.2) is 29.1 Å². The Labute approximate surface area is 112 Å². The second-order valence-electron chi connectivity index (χ2n) is 3.76. The lowest BCUT2D eigenvalue weighted by Gasteiger charge is -2.03. The molecule has 0 amide bonds. The molecular formula is C12H11N3O5. The SMILES string of the molecule is CCOC(=O)c1ccc(-n2nc(C(=O)O)[nH]c2=O)cc1. The Bertz CT molecular complexity index is 699. The number of ether oxygens (including phenoxy) is 1. The predicted molar refractivity (Wildman–Crippen MR) is 67.1 cm³/mol. The second-order valence-corrected chi connectivity index (χ2v) is 3.76. The fraction of sp³-hybridized carbons (Fsp3) is 0.167. The maximum absolute atomic E-state index is 11.6. The molecule has 0 fully saturated rings. The summed E-state index contributed by atoms with van der Waals surface area (Å²) in [5.74, 6) is -2.26. The summed E-state index contributed by atoms with van der Waals surface area (Å²) in [5, 5.41) is 12.4. The van der Waals surface area contributed by atoms with Gasteiger partial charge in [-0.05, 0) is 31.2 Å². The maximum Gasteiger partial charge on any atom is 0.373 e. The number of hydrogen-bond donors (Lipinski definition) is 2. The Hall–Kier alpha value is -2.90. The van der Waals surface area contributed by atoms with Crippen LogP contribution < -0.4 is 5.69 Å². The Morgan fingerprint density at radius 3 is 2.50 bits per heavy atom. The van der Waals surface area contributed by atoms with Gasteiger partial charge in [0.2, 0.25) is 5.82 Å². The van der Waals surface area contributed by atoms with E-state index in [1.807, 2.05) is 0 Å². The number of nitrogens with one attached hydrogen (secondary N) is 1. The molecule has 2 N–H and O–H groups in total. The smallest absolute Gasteiger partial charge is 0.373 e. The molecular weight excluding hydrogens is 266 g/mol. The molecule has 2 aromatic rings. The standard InChI is InChI=1S/C12H11N3O5/c1-2-20-11(18)7-3-5-8(6-4-7)15-12(19)13-9(14-15)10(16)17/h3-6H,2H2,1H3,(H,16,17)(H,13,14,19). The fourth-order valence-electron chi connectivity index (χ4n) is 1.55. The van der Waals surface area contributed by atoms with Crippen LogP contribution in [0.4, 0.5) is 0 Å². The molecule has 0 aliphatic carbocycles. The van der Waals surface area contributed by atoms with Crippen LogP contribution in [0.5, 0.6) is 0 Å². The molecule has 0 saturated heterocycles. The molecule has 104 valence electrons. The number of hydrogen-bond acceptors (Lipinski definition) is 5. The minimum atomic E-state index is -1.33. The molecule has 1 aromatic heterocycles. The molecule has 2 rings (SSSR count). The van der Waals surface area contributed by atoms with Crippen LogP contribution in [-0.4, -0.2) is 38.4 Å². The molecule has 8 nitrogen and oxygen atoms in total. The summed E-state index contributed by atoms with van der Waals surface area (Å²) in [6.45, 7) is 1.96. The molecule has 0 atom stereocenters. The van der Waals surface area contributed by atoms with E-state index in [1.54, 1.807) is 6.92 Å². The van der Waals surface area contributed by atoms with Gasteiger partial charge in [0.25, 0.3) is 0 Å². The van der Waals surface area contributed by atoms with Gasteiger partial charge in [-0.1, -0.05) is 0 Å². The van der Waals surface area contributed by atoms with Crippen molar-refractivity contribution in [2.45, 2.75) is 6.92 Å². The van der Waals surface area contributed by atoms with E-state index in [9.17, 15) is 14.4 Å². The van der Waals surface area contributed by atoms with Gasteiger partial charge in [0.15, 0.2) is 0 Å². The van der Waals surface area contributed by atoms with Gasteiger partial charge in [0, 0.05) is 0 Å². The topological polar surface area (TPSA) is 114 Å². The van der Waals surface area contributed by atoms with Crippen molar-refractivity contribution in [2.75, 3.05) is 6.61 Å². The molecule has 0 unspecified atom stereocenters. The Kier molecular flexibility index (Phi) is 3.65. The van der Waals surface area contributed by atoms with Gasteiger partial charge >= 0.3 is 17.6 Å². The highest BCUT2D eigenvalue weighted by Gasteiger charge is 2.13. The van der Waals surface area contributed by atoms with Crippen LogP contribution in [0.3, 0.4) is 0 Å². The number of aromatic amines is 1. The molecule has 1 aromatic carbocycles. The monoisotopic (exact) mass is 277 g/mol. The van der Waals surface area contributed by atoms with Crippen LogP contribution in [-0.2, 0) is 4.74 Å². The van der Waals surface area contributed by atoms with Gasteiger partial charge in [0.05, 0.1) is 17.9 Å². The number of carbonyl (C=O) groups is 2. The lowest BCUT2D eigenvalue weighted by Crippen LogP contribution is -2.16. The van der Waals surface area contributed by atoms with Crippen molar-refractivity contribution in [2.24, 2.45) is 0 Å². The summed E-state index contributed by atoms with van der Waals surface area (Å²) < 4.78 is 5.73. The molecule has 0 aliphatic rings. The van der Waals surface area contributed by atoms with Crippen molar-refractivity contribution < 1.29 is 19.4 Å². The Balaban J connectivity index is 2.33. The average Bonchev–Trinajstić information content (AvgIpc) is 2.81. The van der Waals surface area contributed by atoms with Gasteiger partial charge in [0.1, 0.15) is 0 Å². The largest absolute Gasteiger partial charge is 0.475 e. The lowest BCUT2D eigenvalue weighted by atomic mass is 10.2. The number of esters is 1. The van der Waals surface area contributed by atoms with Gasteiger partial charge in [-0.2, -0.15) is 4.68 Å². The van der Waals surface area contributed by atoms with Gasteiger partial charge < -0.3 is 9.84 Å². The van der Waals surface area contributed by atoms with E-state index in [0.29, 0.717) is 11.3 Å². The van der Waals surface area contributed by atoms with Crippen molar-refractivity contribution in [3.63, 3.8) is 0 Å². The van der Waals surface area contributed by atoms with Crippen molar-refractivity contribution in [1.29, 1.82) is 0 Å². The summed E-state index contributed by atoms with van der Waals surface area (Å²) in [6.07, 6.45) is 0. The van der Waals surface area contributed by atoms with Crippen LogP contribution in [0.2, 0.25) is 0 Å².